The molecule has 0 aliphatic carbocycles. The number of hydrogen-bond acceptors (Lipinski definition) is 5. The molecule has 2 N–H and O–H groups in total. The summed E-state index contributed by atoms with van der Waals surface area (Å²) in [6, 6.07) is 6.62. The largest absolute Gasteiger partial charge is 0.381 e. The Morgan fingerprint density at radius 3 is 2.66 bits per heavy atom. The number of rotatable bonds is 10. The molecular formula is C24H42IN5O2. The first-order valence-corrected chi connectivity index (χ1v) is 11.8. The van der Waals surface area contributed by atoms with Crippen molar-refractivity contribution in [2.45, 2.75) is 26.7 Å². The first kappa shape index (κ1) is 27.1. The SMILES string of the molecule is CN=C(NCCCOCC1CCOC1)NCCN1CCN(c2cccc(C)c2C)CC1.I. The third-order valence-corrected chi connectivity index (χ3v) is 6.37. The molecule has 0 aromatic heterocycles. The van der Waals surface area contributed by atoms with Crippen LogP contribution >= 0.6 is 24.0 Å². The number of halogens is 1. The summed E-state index contributed by atoms with van der Waals surface area (Å²) in [6.45, 7) is 15.0. The lowest BCUT2D eigenvalue weighted by Crippen LogP contribution is -2.49. The Morgan fingerprint density at radius 1 is 1.16 bits per heavy atom. The van der Waals surface area contributed by atoms with Crippen LogP contribution in [0.2, 0.25) is 0 Å². The lowest BCUT2D eigenvalue weighted by Gasteiger charge is -2.37. The van der Waals surface area contributed by atoms with Gasteiger partial charge < -0.3 is 25.0 Å². The molecule has 2 aliphatic heterocycles. The van der Waals surface area contributed by atoms with Gasteiger partial charge in [0.15, 0.2) is 5.96 Å². The highest BCUT2D eigenvalue weighted by atomic mass is 127. The molecule has 7 nitrogen and oxygen atoms in total. The van der Waals surface area contributed by atoms with Crippen molar-refractivity contribution in [2.24, 2.45) is 10.9 Å². The van der Waals surface area contributed by atoms with Crippen LogP contribution in [-0.4, -0.2) is 90.1 Å². The number of nitrogens with one attached hydrogen (secondary N) is 2. The molecule has 1 unspecified atom stereocenters. The smallest absolute Gasteiger partial charge is 0.191 e. The van der Waals surface area contributed by atoms with Crippen molar-refractivity contribution in [2.75, 3.05) is 84.2 Å². The van der Waals surface area contributed by atoms with Gasteiger partial charge in [0.2, 0.25) is 0 Å². The van der Waals surface area contributed by atoms with Crippen LogP contribution in [0.4, 0.5) is 5.69 Å². The molecule has 2 aliphatic rings. The maximum Gasteiger partial charge on any atom is 0.191 e. The zero-order valence-electron chi connectivity index (χ0n) is 20.1. The van der Waals surface area contributed by atoms with E-state index in [1.807, 2.05) is 7.05 Å². The van der Waals surface area contributed by atoms with Crippen molar-refractivity contribution in [1.82, 2.24) is 15.5 Å². The Balaban J connectivity index is 0.00000363. The molecule has 1 aromatic carbocycles. The van der Waals surface area contributed by atoms with E-state index in [1.54, 1.807) is 0 Å². The Morgan fingerprint density at radius 2 is 1.94 bits per heavy atom. The van der Waals surface area contributed by atoms with Crippen LogP contribution in [0.1, 0.15) is 24.0 Å². The van der Waals surface area contributed by atoms with E-state index in [2.05, 4.69) is 57.5 Å². The second-order valence-corrected chi connectivity index (χ2v) is 8.63. The summed E-state index contributed by atoms with van der Waals surface area (Å²) in [4.78, 5) is 9.38. The molecule has 1 aromatic rings. The number of benzene rings is 1. The number of aryl methyl sites for hydroxylation is 1. The van der Waals surface area contributed by atoms with Gasteiger partial charge >= 0.3 is 0 Å². The fraction of sp³-hybridized carbons (Fsp3) is 0.708. The monoisotopic (exact) mass is 559 g/mol. The van der Waals surface area contributed by atoms with Gasteiger partial charge in [-0.05, 0) is 43.9 Å². The van der Waals surface area contributed by atoms with E-state index >= 15 is 0 Å². The van der Waals surface area contributed by atoms with Crippen LogP contribution in [0.5, 0.6) is 0 Å². The maximum absolute atomic E-state index is 5.76. The van der Waals surface area contributed by atoms with Crippen molar-refractivity contribution in [3.05, 3.63) is 29.3 Å². The van der Waals surface area contributed by atoms with Crippen molar-refractivity contribution >= 4 is 35.6 Å². The molecule has 2 saturated heterocycles. The maximum atomic E-state index is 5.76. The summed E-state index contributed by atoms with van der Waals surface area (Å²) in [6.07, 6.45) is 2.12. The van der Waals surface area contributed by atoms with Gasteiger partial charge in [0.05, 0.1) is 13.2 Å². The van der Waals surface area contributed by atoms with Gasteiger partial charge in [-0.25, -0.2) is 0 Å². The van der Waals surface area contributed by atoms with Crippen LogP contribution in [0.25, 0.3) is 0 Å². The second-order valence-electron chi connectivity index (χ2n) is 8.63. The molecule has 0 spiro atoms. The van der Waals surface area contributed by atoms with Crippen molar-refractivity contribution in [3.8, 4) is 0 Å². The molecule has 2 fully saturated rings. The van der Waals surface area contributed by atoms with E-state index in [4.69, 9.17) is 9.47 Å². The lowest BCUT2D eigenvalue weighted by atomic mass is 10.1. The Hall–Kier alpha value is -1.10. The minimum Gasteiger partial charge on any atom is -0.381 e. The summed E-state index contributed by atoms with van der Waals surface area (Å²) in [7, 11) is 1.83. The van der Waals surface area contributed by atoms with Crippen LogP contribution in [0, 0.1) is 19.8 Å². The fourth-order valence-corrected chi connectivity index (χ4v) is 4.19. The molecular weight excluding hydrogens is 517 g/mol. The van der Waals surface area contributed by atoms with Gasteiger partial charge in [-0.1, -0.05) is 12.1 Å². The highest BCUT2D eigenvalue weighted by Crippen LogP contribution is 2.23. The number of aliphatic imine (C=N–C) groups is 1. The molecule has 182 valence electrons. The Bertz CT molecular complexity index is 689. The average Bonchev–Trinajstić information content (AvgIpc) is 3.31. The first-order chi connectivity index (χ1) is 15.2. The predicted octanol–water partition coefficient (Wildman–Crippen LogP) is 2.65. The van der Waals surface area contributed by atoms with Gasteiger partial charge in [-0.3, -0.25) is 9.89 Å². The van der Waals surface area contributed by atoms with Crippen molar-refractivity contribution in [3.63, 3.8) is 0 Å². The number of guanidine groups is 1. The first-order valence-electron chi connectivity index (χ1n) is 11.8. The van der Waals surface area contributed by atoms with E-state index in [-0.39, 0.29) is 24.0 Å². The molecule has 8 heteroatoms. The average molecular weight is 560 g/mol. The molecule has 0 saturated carbocycles. The second kappa shape index (κ2) is 14.9. The van der Waals surface area contributed by atoms with E-state index in [0.717, 1.165) is 91.0 Å². The van der Waals surface area contributed by atoms with Gasteiger partial charge in [0, 0.05) is 77.7 Å². The zero-order valence-corrected chi connectivity index (χ0v) is 22.4. The Labute approximate surface area is 211 Å². The summed E-state index contributed by atoms with van der Waals surface area (Å²) < 4.78 is 11.1. The normalized spacial score (nSPS) is 19.7. The van der Waals surface area contributed by atoms with Gasteiger partial charge in [-0.2, -0.15) is 0 Å². The van der Waals surface area contributed by atoms with Crippen LogP contribution in [0.3, 0.4) is 0 Å². The van der Waals surface area contributed by atoms with Gasteiger partial charge in [0.25, 0.3) is 0 Å². The summed E-state index contributed by atoms with van der Waals surface area (Å²) in [5.41, 5.74) is 4.17. The summed E-state index contributed by atoms with van der Waals surface area (Å²) >= 11 is 0. The molecule has 0 amide bonds. The highest BCUT2D eigenvalue weighted by molar-refractivity contribution is 14.0. The highest BCUT2D eigenvalue weighted by Gasteiger charge is 2.18. The fourth-order valence-electron chi connectivity index (χ4n) is 4.19. The molecule has 1 atom stereocenters. The molecule has 2 heterocycles. The van der Waals surface area contributed by atoms with Crippen LogP contribution < -0.4 is 15.5 Å². The minimum atomic E-state index is 0. The number of ether oxygens (including phenoxy) is 2. The Kier molecular flexibility index (Phi) is 12.7. The number of nitrogens with zero attached hydrogens (tertiary/aromatic N) is 3. The summed E-state index contributed by atoms with van der Waals surface area (Å²) in [5, 5.41) is 6.82. The van der Waals surface area contributed by atoms with E-state index in [9.17, 15) is 0 Å². The third-order valence-electron chi connectivity index (χ3n) is 6.37. The quantitative estimate of drug-likeness (QED) is 0.199. The van der Waals surface area contributed by atoms with Crippen molar-refractivity contribution in [1.29, 1.82) is 0 Å². The molecule has 0 radical (unpaired) electrons. The van der Waals surface area contributed by atoms with Crippen molar-refractivity contribution < 1.29 is 9.47 Å². The third kappa shape index (κ3) is 8.68. The number of piperazine rings is 1. The summed E-state index contributed by atoms with van der Waals surface area (Å²) in [5.74, 6) is 1.46. The minimum absolute atomic E-state index is 0. The molecule has 0 bridgehead atoms. The standard InChI is InChI=1S/C24H41N5O2.HI/c1-20-6-4-7-23(21(20)2)29-14-12-28(13-15-29)11-10-27-24(25-3)26-9-5-16-30-18-22-8-17-31-19-22;/h4,6-7,22H,5,8-19H2,1-3H3,(H2,25,26,27);1H. The van der Waals surface area contributed by atoms with E-state index < -0.39 is 0 Å². The van der Waals surface area contributed by atoms with Gasteiger partial charge in [0.1, 0.15) is 0 Å². The zero-order chi connectivity index (χ0) is 21.9. The van der Waals surface area contributed by atoms with E-state index in [0.29, 0.717) is 5.92 Å². The van der Waals surface area contributed by atoms with Crippen LogP contribution in [-0.2, 0) is 9.47 Å². The topological polar surface area (TPSA) is 61.4 Å². The van der Waals surface area contributed by atoms with E-state index in [1.165, 1.54) is 16.8 Å². The van der Waals surface area contributed by atoms with Crippen LogP contribution in [0.15, 0.2) is 23.2 Å². The van der Waals surface area contributed by atoms with Gasteiger partial charge in [-0.15, -0.1) is 24.0 Å². The predicted molar refractivity (Wildman–Crippen MR) is 144 cm³/mol. The number of anilines is 1. The number of hydrogen-bond donors (Lipinski definition) is 2. The molecule has 32 heavy (non-hydrogen) atoms. The molecule has 3 rings (SSSR count). The lowest BCUT2D eigenvalue weighted by molar-refractivity contribution is 0.0888.